The molecule has 0 aliphatic heterocycles. The minimum atomic E-state index is -3.59. The van der Waals surface area contributed by atoms with Gasteiger partial charge in [0.1, 0.15) is 5.82 Å². The molecule has 0 amide bonds. The average Bonchev–Trinajstić information content (AvgIpc) is 2.34. The second kappa shape index (κ2) is 6.85. The first kappa shape index (κ1) is 16.4. The molecule has 1 aromatic rings. The van der Waals surface area contributed by atoms with E-state index >= 15 is 0 Å². The summed E-state index contributed by atoms with van der Waals surface area (Å²) in [6.07, 6.45) is 3.30. The lowest BCUT2D eigenvalue weighted by molar-refractivity contribution is 0.260. The standard InChI is InChI=1S/C15H23FN2O2S/c1-3-17-10-13-9-14(7-8-15(13)16)21(19,20)18-11(2)12-5-4-6-12/h7-9,11-12,17-18H,3-6,10H2,1-2H3. The van der Waals surface area contributed by atoms with Crippen LogP contribution >= 0.6 is 0 Å². The summed E-state index contributed by atoms with van der Waals surface area (Å²) in [6.45, 7) is 4.84. The summed E-state index contributed by atoms with van der Waals surface area (Å²) in [5.41, 5.74) is 0.371. The molecule has 21 heavy (non-hydrogen) atoms. The summed E-state index contributed by atoms with van der Waals surface area (Å²) < 4.78 is 41.1. The van der Waals surface area contributed by atoms with Gasteiger partial charge in [0.15, 0.2) is 0 Å². The molecule has 1 atom stereocenters. The quantitative estimate of drug-likeness (QED) is 0.812. The van der Waals surface area contributed by atoms with Gasteiger partial charge in [-0.25, -0.2) is 17.5 Å². The molecule has 4 nitrogen and oxygen atoms in total. The van der Waals surface area contributed by atoms with Crippen molar-refractivity contribution < 1.29 is 12.8 Å². The summed E-state index contributed by atoms with van der Waals surface area (Å²) >= 11 is 0. The smallest absolute Gasteiger partial charge is 0.240 e. The van der Waals surface area contributed by atoms with E-state index in [9.17, 15) is 12.8 Å². The summed E-state index contributed by atoms with van der Waals surface area (Å²) in [7, 11) is -3.59. The van der Waals surface area contributed by atoms with E-state index in [-0.39, 0.29) is 16.8 Å². The SMILES string of the molecule is CCNCc1cc(S(=O)(=O)NC(C)C2CCC2)ccc1F. The number of nitrogens with one attached hydrogen (secondary N) is 2. The van der Waals surface area contributed by atoms with Crippen molar-refractivity contribution in [2.75, 3.05) is 6.54 Å². The summed E-state index contributed by atoms with van der Waals surface area (Å²) in [6, 6.07) is 3.87. The largest absolute Gasteiger partial charge is 0.313 e. The fourth-order valence-electron chi connectivity index (χ4n) is 2.46. The van der Waals surface area contributed by atoms with Crippen LogP contribution in [0.5, 0.6) is 0 Å². The molecule has 0 radical (unpaired) electrons. The van der Waals surface area contributed by atoms with Crippen molar-refractivity contribution in [1.29, 1.82) is 0 Å². The highest BCUT2D eigenvalue weighted by molar-refractivity contribution is 7.89. The van der Waals surface area contributed by atoms with Crippen LogP contribution in [0.4, 0.5) is 4.39 Å². The van der Waals surface area contributed by atoms with Crippen molar-refractivity contribution in [2.45, 2.75) is 50.6 Å². The number of rotatable bonds is 7. The Morgan fingerprint density at radius 3 is 2.67 bits per heavy atom. The van der Waals surface area contributed by atoms with Crippen LogP contribution < -0.4 is 10.0 Å². The molecule has 118 valence electrons. The molecule has 0 spiro atoms. The van der Waals surface area contributed by atoms with Gasteiger partial charge in [-0.1, -0.05) is 13.3 Å². The number of sulfonamides is 1. The molecule has 6 heteroatoms. The maximum atomic E-state index is 13.7. The average molecular weight is 314 g/mol. The Balaban J connectivity index is 2.14. The Labute approximate surface area is 126 Å². The molecule has 2 rings (SSSR count). The minimum Gasteiger partial charge on any atom is -0.313 e. The van der Waals surface area contributed by atoms with Gasteiger partial charge >= 0.3 is 0 Å². The van der Waals surface area contributed by atoms with Crippen LogP contribution in [0.25, 0.3) is 0 Å². The Morgan fingerprint density at radius 2 is 2.10 bits per heavy atom. The van der Waals surface area contributed by atoms with Crippen molar-refractivity contribution in [2.24, 2.45) is 5.92 Å². The number of halogens is 1. The predicted molar refractivity (Wildman–Crippen MR) is 80.9 cm³/mol. The summed E-state index contributed by atoms with van der Waals surface area (Å²) in [5, 5.41) is 3.01. The number of benzene rings is 1. The highest BCUT2D eigenvalue weighted by atomic mass is 32.2. The summed E-state index contributed by atoms with van der Waals surface area (Å²) in [5.74, 6) is 0.0309. The van der Waals surface area contributed by atoms with E-state index in [2.05, 4.69) is 10.0 Å². The van der Waals surface area contributed by atoms with Gasteiger partial charge < -0.3 is 5.32 Å². The van der Waals surface area contributed by atoms with Crippen molar-refractivity contribution in [3.63, 3.8) is 0 Å². The van der Waals surface area contributed by atoms with Crippen LogP contribution in [0.1, 0.15) is 38.7 Å². The minimum absolute atomic E-state index is 0.0778. The molecule has 1 aliphatic rings. The monoisotopic (exact) mass is 314 g/mol. The molecule has 0 bridgehead atoms. The summed E-state index contributed by atoms with van der Waals surface area (Å²) in [4.78, 5) is 0.128. The molecule has 0 saturated heterocycles. The van der Waals surface area contributed by atoms with Crippen molar-refractivity contribution in [1.82, 2.24) is 10.0 Å². The van der Waals surface area contributed by atoms with E-state index < -0.39 is 10.0 Å². The first-order chi connectivity index (χ1) is 9.94. The molecule has 1 aliphatic carbocycles. The zero-order valence-electron chi connectivity index (χ0n) is 12.5. The Morgan fingerprint density at radius 1 is 1.38 bits per heavy atom. The predicted octanol–water partition coefficient (Wildman–Crippen LogP) is 2.40. The van der Waals surface area contributed by atoms with Gasteiger partial charge in [-0.2, -0.15) is 0 Å². The maximum Gasteiger partial charge on any atom is 0.240 e. The van der Waals surface area contributed by atoms with Crippen LogP contribution in [-0.2, 0) is 16.6 Å². The van der Waals surface area contributed by atoms with E-state index in [0.29, 0.717) is 24.6 Å². The Kier molecular flexibility index (Phi) is 5.35. The Bertz CT molecular complexity index is 585. The zero-order chi connectivity index (χ0) is 15.5. The van der Waals surface area contributed by atoms with Gasteiger partial charge in [0.2, 0.25) is 10.0 Å². The highest BCUT2D eigenvalue weighted by Gasteiger charge is 2.28. The third kappa shape index (κ3) is 4.02. The molecule has 1 unspecified atom stereocenters. The normalized spacial score (nSPS) is 17.5. The first-order valence-electron chi connectivity index (χ1n) is 7.45. The fourth-order valence-corrected chi connectivity index (χ4v) is 3.82. The number of hydrogen-bond donors (Lipinski definition) is 2. The third-order valence-corrected chi connectivity index (χ3v) is 5.65. The van der Waals surface area contributed by atoms with Crippen LogP contribution in [0.2, 0.25) is 0 Å². The van der Waals surface area contributed by atoms with E-state index in [4.69, 9.17) is 0 Å². The van der Waals surface area contributed by atoms with Gasteiger partial charge in [-0.15, -0.1) is 0 Å². The van der Waals surface area contributed by atoms with Crippen LogP contribution in [0.3, 0.4) is 0 Å². The number of hydrogen-bond acceptors (Lipinski definition) is 3. The molecular formula is C15H23FN2O2S. The van der Waals surface area contributed by atoms with Crippen molar-refractivity contribution >= 4 is 10.0 Å². The molecule has 1 fully saturated rings. The lowest BCUT2D eigenvalue weighted by atomic mass is 9.81. The lowest BCUT2D eigenvalue weighted by Gasteiger charge is -2.31. The third-order valence-electron chi connectivity index (χ3n) is 4.09. The van der Waals surface area contributed by atoms with Gasteiger partial charge in [-0.05, 0) is 50.4 Å². The van der Waals surface area contributed by atoms with Gasteiger partial charge in [0.25, 0.3) is 0 Å². The van der Waals surface area contributed by atoms with Crippen LogP contribution in [0.15, 0.2) is 23.1 Å². The molecular weight excluding hydrogens is 291 g/mol. The molecule has 1 saturated carbocycles. The molecule has 0 aromatic heterocycles. The topological polar surface area (TPSA) is 58.2 Å². The van der Waals surface area contributed by atoms with E-state index in [1.54, 1.807) is 0 Å². The van der Waals surface area contributed by atoms with E-state index in [0.717, 1.165) is 12.8 Å². The van der Waals surface area contributed by atoms with Gasteiger partial charge in [0, 0.05) is 18.2 Å². The first-order valence-corrected chi connectivity index (χ1v) is 8.94. The Hall–Kier alpha value is -0.980. The second-order valence-corrected chi connectivity index (χ2v) is 7.35. The van der Waals surface area contributed by atoms with Gasteiger partial charge in [0.05, 0.1) is 4.90 Å². The molecule has 2 N–H and O–H groups in total. The molecule has 1 aromatic carbocycles. The van der Waals surface area contributed by atoms with Crippen molar-refractivity contribution in [3.8, 4) is 0 Å². The maximum absolute atomic E-state index is 13.7. The highest BCUT2D eigenvalue weighted by Crippen LogP contribution is 2.30. The van der Waals surface area contributed by atoms with E-state index in [1.165, 1.54) is 24.6 Å². The van der Waals surface area contributed by atoms with Crippen molar-refractivity contribution in [3.05, 3.63) is 29.6 Å². The molecule has 0 heterocycles. The lowest BCUT2D eigenvalue weighted by Crippen LogP contribution is -2.40. The zero-order valence-corrected chi connectivity index (χ0v) is 13.3. The van der Waals surface area contributed by atoms with Crippen LogP contribution in [-0.4, -0.2) is 21.0 Å². The van der Waals surface area contributed by atoms with Crippen LogP contribution in [0, 0.1) is 11.7 Å². The van der Waals surface area contributed by atoms with E-state index in [1.807, 2.05) is 13.8 Å². The van der Waals surface area contributed by atoms with Gasteiger partial charge in [-0.3, -0.25) is 0 Å². The fraction of sp³-hybridized carbons (Fsp3) is 0.600. The second-order valence-electron chi connectivity index (χ2n) is 5.63.